The fourth-order valence-electron chi connectivity index (χ4n) is 0.553. The van der Waals surface area contributed by atoms with Gasteiger partial charge in [-0.05, 0) is 13.1 Å². The van der Waals surface area contributed by atoms with E-state index in [2.05, 4.69) is 11.7 Å². The minimum Gasteiger partial charge on any atom is -0.481 e. The molecule has 6 heteroatoms. The first-order valence-electron chi connectivity index (χ1n) is 2.98. The lowest BCUT2D eigenvalue weighted by Crippen LogP contribution is -2.18. The second-order valence-electron chi connectivity index (χ2n) is 1.97. The molecule has 0 spiro atoms. The second-order valence-corrected chi connectivity index (χ2v) is 1.97. The Kier molecular flexibility index (Phi) is 7.42. The van der Waals surface area contributed by atoms with Gasteiger partial charge in [0, 0.05) is 6.42 Å². The number of carboxylic acid groups (broad SMARTS) is 2. The highest BCUT2D eigenvalue weighted by Crippen LogP contribution is 2.00. The standard InChI is InChI=1S/C6H9NO4.ClH/c1-7-4(6(10)11)2-3-5(8)9;/h4H,1-3H2,(H,8,9)(H,10,11);1H. The third kappa shape index (κ3) is 5.67. The van der Waals surface area contributed by atoms with E-state index in [1.165, 1.54) is 0 Å². The highest BCUT2D eigenvalue weighted by molar-refractivity contribution is 5.85. The molecule has 0 aromatic carbocycles. The van der Waals surface area contributed by atoms with Gasteiger partial charge in [-0.25, -0.2) is 4.79 Å². The van der Waals surface area contributed by atoms with Crippen LogP contribution in [-0.2, 0) is 9.59 Å². The summed E-state index contributed by atoms with van der Waals surface area (Å²) in [6.07, 6.45) is -0.204. The summed E-state index contributed by atoms with van der Waals surface area (Å²) >= 11 is 0. The molecule has 2 N–H and O–H groups in total. The van der Waals surface area contributed by atoms with E-state index in [1.54, 1.807) is 0 Å². The van der Waals surface area contributed by atoms with Gasteiger partial charge in [-0.2, -0.15) is 0 Å². The fraction of sp³-hybridized carbons (Fsp3) is 0.500. The summed E-state index contributed by atoms with van der Waals surface area (Å²) in [4.78, 5) is 23.5. The lowest BCUT2D eigenvalue weighted by atomic mass is 10.2. The van der Waals surface area contributed by atoms with E-state index >= 15 is 0 Å². The number of carboxylic acids is 2. The molecule has 12 heavy (non-hydrogen) atoms. The first-order valence-corrected chi connectivity index (χ1v) is 2.98. The second kappa shape index (κ2) is 6.60. The van der Waals surface area contributed by atoms with Gasteiger partial charge in [0.25, 0.3) is 0 Å². The van der Waals surface area contributed by atoms with Gasteiger partial charge in [-0.3, -0.25) is 9.79 Å². The Labute approximate surface area is 75.5 Å². The van der Waals surface area contributed by atoms with Gasteiger partial charge in [-0.15, -0.1) is 12.4 Å². The predicted molar refractivity (Wildman–Crippen MR) is 45.1 cm³/mol. The molecule has 0 bridgehead atoms. The van der Waals surface area contributed by atoms with Crippen LogP contribution in [0.25, 0.3) is 0 Å². The molecule has 0 aromatic rings. The van der Waals surface area contributed by atoms with Crippen LogP contribution in [0.3, 0.4) is 0 Å². The lowest BCUT2D eigenvalue weighted by molar-refractivity contribution is -0.139. The van der Waals surface area contributed by atoms with Crippen molar-refractivity contribution in [3.05, 3.63) is 0 Å². The van der Waals surface area contributed by atoms with Crippen LogP contribution in [0.15, 0.2) is 4.99 Å². The molecule has 0 rings (SSSR count). The van der Waals surface area contributed by atoms with Gasteiger partial charge in [0.05, 0.1) is 0 Å². The average Bonchev–Trinajstić information content (AvgIpc) is 1.87. The first-order chi connectivity index (χ1) is 5.07. The molecule has 0 saturated heterocycles. The van der Waals surface area contributed by atoms with Crippen LogP contribution < -0.4 is 0 Å². The largest absolute Gasteiger partial charge is 0.481 e. The minimum absolute atomic E-state index is 0. The SMILES string of the molecule is C=NC(CCC(=O)O)C(=O)O.Cl. The summed E-state index contributed by atoms with van der Waals surface area (Å²) in [6, 6.07) is -0.994. The molecule has 0 aliphatic carbocycles. The Bertz CT molecular complexity index is 182. The fourth-order valence-corrected chi connectivity index (χ4v) is 0.553. The Hall–Kier alpha value is -1.10. The molecule has 70 valence electrons. The van der Waals surface area contributed by atoms with Crippen molar-refractivity contribution in [1.82, 2.24) is 0 Å². The monoisotopic (exact) mass is 195 g/mol. The average molecular weight is 196 g/mol. The molecule has 0 radical (unpaired) electrons. The third-order valence-electron chi connectivity index (χ3n) is 1.14. The maximum absolute atomic E-state index is 10.2. The number of aliphatic carboxylic acids is 2. The van der Waals surface area contributed by atoms with Gasteiger partial charge in [-0.1, -0.05) is 0 Å². The maximum Gasteiger partial charge on any atom is 0.328 e. The van der Waals surface area contributed by atoms with Gasteiger partial charge in [0.1, 0.15) is 6.04 Å². The molecule has 0 aliphatic rings. The molecule has 0 aromatic heterocycles. The molecule has 0 heterocycles. The van der Waals surface area contributed by atoms with Crippen LogP contribution in [0.1, 0.15) is 12.8 Å². The zero-order valence-corrected chi connectivity index (χ0v) is 7.08. The predicted octanol–water partition coefficient (Wildman–Crippen LogP) is 0.427. The van der Waals surface area contributed by atoms with Crippen molar-refractivity contribution in [3.8, 4) is 0 Å². The number of rotatable bonds is 5. The Morgan fingerprint density at radius 3 is 2.17 bits per heavy atom. The van der Waals surface area contributed by atoms with E-state index in [0.29, 0.717) is 0 Å². The van der Waals surface area contributed by atoms with E-state index in [0.717, 1.165) is 0 Å². The van der Waals surface area contributed by atoms with Gasteiger partial charge < -0.3 is 10.2 Å². The van der Waals surface area contributed by atoms with Crippen molar-refractivity contribution in [2.75, 3.05) is 0 Å². The molecule has 0 amide bonds. The molecule has 1 atom stereocenters. The molecule has 1 unspecified atom stereocenters. The van der Waals surface area contributed by atoms with Crippen LogP contribution in [0.5, 0.6) is 0 Å². The summed E-state index contributed by atoms with van der Waals surface area (Å²) in [5.74, 6) is -2.17. The Morgan fingerprint density at radius 2 is 1.92 bits per heavy atom. The van der Waals surface area contributed by atoms with Crippen LogP contribution in [0.2, 0.25) is 0 Å². The number of hydrogen-bond acceptors (Lipinski definition) is 3. The smallest absolute Gasteiger partial charge is 0.328 e. The zero-order chi connectivity index (χ0) is 8.85. The van der Waals surface area contributed by atoms with Crippen molar-refractivity contribution in [2.24, 2.45) is 4.99 Å². The van der Waals surface area contributed by atoms with Crippen molar-refractivity contribution in [3.63, 3.8) is 0 Å². The van der Waals surface area contributed by atoms with E-state index in [4.69, 9.17) is 10.2 Å². The van der Waals surface area contributed by atoms with Crippen molar-refractivity contribution >= 4 is 31.1 Å². The Morgan fingerprint density at radius 1 is 1.42 bits per heavy atom. The molecule has 5 nitrogen and oxygen atoms in total. The summed E-state index contributed by atoms with van der Waals surface area (Å²) in [5, 5.41) is 16.5. The molecule has 0 fully saturated rings. The first kappa shape index (κ1) is 13.5. The van der Waals surface area contributed by atoms with E-state index in [1.807, 2.05) is 0 Å². The number of hydrogen-bond donors (Lipinski definition) is 2. The van der Waals surface area contributed by atoms with Crippen molar-refractivity contribution in [1.29, 1.82) is 0 Å². The van der Waals surface area contributed by atoms with Crippen molar-refractivity contribution in [2.45, 2.75) is 18.9 Å². The molecular formula is C6H10ClNO4. The normalized spacial score (nSPS) is 11.0. The number of aliphatic imine (C=N–C) groups is 1. The molecular weight excluding hydrogens is 186 g/mol. The van der Waals surface area contributed by atoms with E-state index in [9.17, 15) is 9.59 Å². The summed E-state index contributed by atoms with van der Waals surface area (Å²) in [6.45, 7) is 3.04. The van der Waals surface area contributed by atoms with Crippen LogP contribution in [0, 0.1) is 0 Å². The maximum atomic E-state index is 10.2. The lowest BCUT2D eigenvalue weighted by Gasteiger charge is -2.02. The van der Waals surface area contributed by atoms with E-state index < -0.39 is 18.0 Å². The summed E-state index contributed by atoms with van der Waals surface area (Å²) in [5.41, 5.74) is 0. The van der Waals surface area contributed by atoms with Gasteiger partial charge >= 0.3 is 11.9 Å². The van der Waals surface area contributed by atoms with Gasteiger partial charge in [0.15, 0.2) is 0 Å². The quantitative estimate of drug-likeness (QED) is 0.623. The topological polar surface area (TPSA) is 87.0 Å². The van der Waals surface area contributed by atoms with Crippen LogP contribution in [0.4, 0.5) is 0 Å². The number of halogens is 1. The minimum atomic E-state index is -1.14. The number of nitrogens with zero attached hydrogens (tertiary/aromatic N) is 1. The summed E-state index contributed by atoms with van der Waals surface area (Å²) in [7, 11) is 0. The Balaban J connectivity index is 0. The molecule has 0 saturated carbocycles. The zero-order valence-electron chi connectivity index (χ0n) is 6.27. The van der Waals surface area contributed by atoms with Crippen molar-refractivity contribution < 1.29 is 19.8 Å². The number of carbonyl (C=O) groups is 2. The highest BCUT2D eigenvalue weighted by atomic mass is 35.5. The van der Waals surface area contributed by atoms with Crippen LogP contribution in [-0.4, -0.2) is 34.9 Å². The third-order valence-corrected chi connectivity index (χ3v) is 1.14. The van der Waals surface area contributed by atoms with E-state index in [-0.39, 0.29) is 25.2 Å². The molecule has 0 aliphatic heterocycles. The summed E-state index contributed by atoms with van der Waals surface area (Å²) < 4.78 is 0. The highest BCUT2D eigenvalue weighted by Gasteiger charge is 2.15. The van der Waals surface area contributed by atoms with Gasteiger partial charge in [0.2, 0.25) is 0 Å². The van der Waals surface area contributed by atoms with Crippen LogP contribution >= 0.6 is 12.4 Å².